The molecule has 2 atom stereocenters. The van der Waals surface area contributed by atoms with Gasteiger partial charge in [0, 0.05) is 25.7 Å². The Morgan fingerprint density at radius 3 is 2.91 bits per heavy atom. The van der Waals surface area contributed by atoms with E-state index in [0.717, 1.165) is 37.9 Å². The smallest absolute Gasteiger partial charge is 0.410 e. The summed E-state index contributed by atoms with van der Waals surface area (Å²) in [6, 6.07) is 9.99. The van der Waals surface area contributed by atoms with Crippen molar-refractivity contribution in [2.24, 2.45) is 5.92 Å². The van der Waals surface area contributed by atoms with Crippen LogP contribution in [-0.2, 0) is 11.3 Å². The van der Waals surface area contributed by atoms with Crippen LogP contribution >= 0.6 is 0 Å². The second-order valence-corrected chi connectivity index (χ2v) is 6.06. The molecule has 128 valence electrons. The molecular formula is C18H28N2O3. The zero-order chi connectivity index (χ0) is 16.5. The molecule has 5 nitrogen and oxygen atoms in total. The molecule has 0 radical (unpaired) electrons. The van der Waals surface area contributed by atoms with Gasteiger partial charge in [-0.05, 0) is 37.3 Å². The second kappa shape index (κ2) is 9.53. The molecule has 1 aliphatic rings. The van der Waals surface area contributed by atoms with E-state index in [4.69, 9.17) is 4.74 Å². The van der Waals surface area contributed by atoms with Crippen molar-refractivity contribution in [2.45, 2.75) is 38.8 Å². The highest BCUT2D eigenvalue weighted by Gasteiger charge is 2.29. The zero-order valence-corrected chi connectivity index (χ0v) is 13.9. The summed E-state index contributed by atoms with van der Waals surface area (Å²) >= 11 is 0. The normalized spacial score (nSPS) is 19.4. The molecule has 0 saturated carbocycles. The predicted molar refractivity (Wildman–Crippen MR) is 90.1 cm³/mol. The Kier molecular flexibility index (Phi) is 7.36. The molecular weight excluding hydrogens is 292 g/mol. The lowest BCUT2D eigenvalue weighted by Gasteiger charge is -2.36. The summed E-state index contributed by atoms with van der Waals surface area (Å²) in [5, 5.41) is 12.7. The minimum absolute atomic E-state index is 0.173. The first-order chi connectivity index (χ1) is 11.2. The van der Waals surface area contributed by atoms with Gasteiger partial charge in [-0.25, -0.2) is 4.79 Å². The SMILES string of the molecule is CCN[C@@H](CCO)[C@H]1CCCN(C(=O)OCc2ccccc2)C1. The summed E-state index contributed by atoms with van der Waals surface area (Å²) in [5.41, 5.74) is 1.00. The van der Waals surface area contributed by atoms with Crippen molar-refractivity contribution in [3.8, 4) is 0 Å². The van der Waals surface area contributed by atoms with Crippen LogP contribution in [0.4, 0.5) is 4.79 Å². The van der Waals surface area contributed by atoms with Crippen molar-refractivity contribution in [3.05, 3.63) is 35.9 Å². The fraction of sp³-hybridized carbons (Fsp3) is 0.611. The standard InChI is InChI=1S/C18H28N2O3/c1-2-19-17(10-12-21)16-9-6-11-20(13-16)18(22)23-14-15-7-4-3-5-8-15/h3-5,7-8,16-17,19,21H,2,6,9-14H2,1H3/t16-,17-/m0/s1. The van der Waals surface area contributed by atoms with Crippen LogP contribution in [0.1, 0.15) is 31.7 Å². The number of piperidine rings is 1. The average Bonchev–Trinajstić information content (AvgIpc) is 2.60. The average molecular weight is 320 g/mol. The molecule has 2 rings (SSSR count). The van der Waals surface area contributed by atoms with Gasteiger partial charge in [-0.3, -0.25) is 0 Å². The van der Waals surface area contributed by atoms with Crippen LogP contribution in [0.3, 0.4) is 0 Å². The summed E-state index contributed by atoms with van der Waals surface area (Å²) in [6.45, 7) is 4.88. The third-order valence-corrected chi connectivity index (χ3v) is 4.40. The number of rotatable bonds is 7. The van der Waals surface area contributed by atoms with Gasteiger partial charge in [-0.15, -0.1) is 0 Å². The number of hydrogen-bond acceptors (Lipinski definition) is 4. The second-order valence-electron chi connectivity index (χ2n) is 6.06. The number of carbonyl (C=O) groups excluding carboxylic acids is 1. The fourth-order valence-electron chi connectivity index (χ4n) is 3.22. The highest BCUT2D eigenvalue weighted by atomic mass is 16.6. The van der Waals surface area contributed by atoms with Gasteiger partial charge in [0.05, 0.1) is 0 Å². The van der Waals surface area contributed by atoms with Crippen LogP contribution in [0.2, 0.25) is 0 Å². The van der Waals surface area contributed by atoms with Gasteiger partial charge < -0.3 is 20.1 Å². The van der Waals surface area contributed by atoms with E-state index in [1.54, 1.807) is 4.90 Å². The van der Waals surface area contributed by atoms with Gasteiger partial charge >= 0.3 is 6.09 Å². The highest BCUT2D eigenvalue weighted by molar-refractivity contribution is 5.67. The first-order valence-electron chi connectivity index (χ1n) is 8.54. The molecule has 1 aliphatic heterocycles. The predicted octanol–water partition coefficient (Wildman–Crippen LogP) is 2.40. The van der Waals surface area contributed by atoms with Gasteiger partial charge in [0.15, 0.2) is 0 Å². The summed E-state index contributed by atoms with van der Waals surface area (Å²) in [5.74, 6) is 0.375. The van der Waals surface area contributed by atoms with Crippen molar-refractivity contribution in [1.29, 1.82) is 0 Å². The molecule has 1 fully saturated rings. The number of carbonyl (C=O) groups is 1. The first-order valence-corrected chi connectivity index (χ1v) is 8.54. The van der Waals surface area contributed by atoms with E-state index in [1.165, 1.54) is 0 Å². The van der Waals surface area contributed by atoms with Crippen LogP contribution in [0, 0.1) is 5.92 Å². The lowest BCUT2D eigenvalue weighted by atomic mass is 9.89. The van der Waals surface area contributed by atoms with Crippen LogP contribution in [0.25, 0.3) is 0 Å². The Morgan fingerprint density at radius 1 is 1.43 bits per heavy atom. The molecule has 1 aromatic carbocycles. The number of likely N-dealkylation sites (tertiary alicyclic amines) is 1. The number of nitrogens with zero attached hydrogens (tertiary/aromatic N) is 1. The van der Waals surface area contributed by atoms with E-state index in [0.29, 0.717) is 19.1 Å². The minimum atomic E-state index is -0.238. The van der Waals surface area contributed by atoms with Crippen LogP contribution in [-0.4, -0.2) is 48.4 Å². The number of ether oxygens (including phenoxy) is 1. The number of hydrogen-bond donors (Lipinski definition) is 2. The molecule has 0 unspecified atom stereocenters. The summed E-state index contributed by atoms with van der Waals surface area (Å²) in [4.78, 5) is 14.1. The molecule has 2 N–H and O–H groups in total. The van der Waals surface area contributed by atoms with Gasteiger partial charge in [0.1, 0.15) is 6.61 Å². The fourth-order valence-corrected chi connectivity index (χ4v) is 3.22. The molecule has 5 heteroatoms. The maximum atomic E-state index is 12.3. The maximum Gasteiger partial charge on any atom is 0.410 e. The van der Waals surface area contributed by atoms with Crippen molar-refractivity contribution in [3.63, 3.8) is 0 Å². The number of aliphatic hydroxyl groups excluding tert-OH is 1. The Labute approximate surface area is 138 Å². The minimum Gasteiger partial charge on any atom is -0.445 e. The lowest BCUT2D eigenvalue weighted by molar-refractivity contribution is 0.0714. The quantitative estimate of drug-likeness (QED) is 0.810. The Morgan fingerprint density at radius 2 is 2.22 bits per heavy atom. The van der Waals surface area contributed by atoms with Crippen LogP contribution in [0.5, 0.6) is 0 Å². The molecule has 1 aromatic rings. The monoisotopic (exact) mass is 320 g/mol. The summed E-state index contributed by atoms with van der Waals surface area (Å²) in [7, 11) is 0. The van der Waals surface area contributed by atoms with E-state index in [2.05, 4.69) is 12.2 Å². The Hall–Kier alpha value is -1.59. The highest BCUT2D eigenvalue weighted by Crippen LogP contribution is 2.22. The molecule has 1 saturated heterocycles. The molecule has 0 bridgehead atoms. The largest absolute Gasteiger partial charge is 0.445 e. The molecule has 23 heavy (non-hydrogen) atoms. The third kappa shape index (κ3) is 5.52. The molecule has 1 heterocycles. The van der Waals surface area contributed by atoms with Crippen LogP contribution < -0.4 is 5.32 Å². The van der Waals surface area contributed by atoms with Crippen molar-refractivity contribution >= 4 is 6.09 Å². The van der Waals surface area contributed by atoms with Crippen molar-refractivity contribution in [2.75, 3.05) is 26.2 Å². The number of benzene rings is 1. The first kappa shape index (κ1) is 17.8. The van der Waals surface area contributed by atoms with E-state index >= 15 is 0 Å². The van der Waals surface area contributed by atoms with E-state index in [-0.39, 0.29) is 18.7 Å². The Bertz CT molecular complexity index is 461. The van der Waals surface area contributed by atoms with E-state index in [9.17, 15) is 9.90 Å². The van der Waals surface area contributed by atoms with Crippen molar-refractivity contribution < 1.29 is 14.6 Å². The topological polar surface area (TPSA) is 61.8 Å². The maximum absolute atomic E-state index is 12.3. The summed E-state index contributed by atoms with van der Waals surface area (Å²) < 4.78 is 5.43. The molecule has 0 aromatic heterocycles. The molecule has 0 aliphatic carbocycles. The van der Waals surface area contributed by atoms with Crippen LogP contribution in [0.15, 0.2) is 30.3 Å². The van der Waals surface area contributed by atoms with E-state index < -0.39 is 0 Å². The molecule has 1 amide bonds. The number of aliphatic hydroxyl groups is 1. The number of nitrogens with one attached hydrogen (secondary N) is 1. The van der Waals surface area contributed by atoms with Gasteiger partial charge in [0.2, 0.25) is 0 Å². The van der Waals surface area contributed by atoms with Crippen molar-refractivity contribution in [1.82, 2.24) is 10.2 Å². The lowest BCUT2D eigenvalue weighted by Crippen LogP contribution is -2.48. The van der Waals surface area contributed by atoms with Gasteiger partial charge in [0.25, 0.3) is 0 Å². The third-order valence-electron chi connectivity index (χ3n) is 4.40. The van der Waals surface area contributed by atoms with Gasteiger partial charge in [-0.2, -0.15) is 0 Å². The summed E-state index contributed by atoms with van der Waals surface area (Å²) in [6.07, 6.45) is 2.56. The van der Waals surface area contributed by atoms with E-state index in [1.807, 2.05) is 30.3 Å². The van der Waals surface area contributed by atoms with Gasteiger partial charge in [-0.1, -0.05) is 37.3 Å². The zero-order valence-electron chi connectivity index (χ0n) is 13.9. The molecule has 0 spiro atoms. The Balaban J connectivity index is 1.85. The number of amides is 1.